The zero-order chi connectivity index (χ0) is 13.8. The minimum absolute atomic E-state index is 0.253. The fourth-order valence-electron chi connectivity index (χ4n) is 2.58. The van der Waals surface area contributed by atoms with E-state index in [1.54, 1.807) is 0 Å². The van der Waals surface area contributed by atoms with E-state index in [0.717, 1.165) is 18.0 Å². The molecule has 0 amide bonds. The third kappa shape index (κ3) is 5.10. The molecule has 1 N–H and O–H groups in total. The second-order valence-electron chi connectivity index (χ2n) is 6.83. The lowest BCUT2D eigenvalue weighted by Gasteiger charge is -2.46. The van der Waals surface area contributed by atoms with Crippen molar-refractivity contribution in [1.29, 1.82) is 0 Å². The highest BCUT2D eigenvalue weighted by molar-refractivity contribution is 7.98. The van der Waals surface area contributed by atoms with Crippen LogP contribution in [-0.2, 0) is 0 Å². The first-order valence-corrected chi connectivity index (χ1v) is 8.70. The molecule has 0 saturated heterocycles. The summed E-state index contributed by atoms with van der Waals surface area (Å²) in [6.45, 7) is 10.3. The average Bonchev–Trinajstić information content (AvgIpc) is 2.22. The first-order valence-electron chi connectivity index (χ1n) is 7.31. The Kier molecular flexibility index (Phi) is 6.49. The van der Waals surface area contributed by atoms with Gasteiger partial charge in [-0.25, -0.2) is 0 Å². The van der Waals surface area contributed by atoms with Gasteiger partial charge in [-0.1, -0.05) is 0 Å². The Labute approximate surface area is 118 Å². The summed E-state index contributed by atoms with van der Waals surface area (Å²) in [6, 6.07) is 1.52. The fourth-order valence-corrected chi connectivity index (χ4v) is 3.16. The van der Waals surface area contributed by atoms with Gasteiger partial charge < -0.3 is 10.2 Å². The molecule has 0 aromatic carbocycles. The zero-order valence-corrected chi connectivity index (χ0v) is 13.9. The van der Waals surface area contributed by atoms with Crippen molar-refractivity contribution < 1.29 is 0 Å². The summed E-state index contributed by atoms with van der Waals surface area (Å²) in [5.41, 5.74) is 0.253. The van der Waals surface area contributed by atoms with Crippen LogP contribution in [0.3, 0.4) is 0 Å². The molecule has 1 rings (SSSR count). The topological polar surface area (TPSA) is 15.3 Å². The minimum Gasteiger partial charge on any atom is -0.312 e. The van der Waals surface area contributed by atoms with Crippen LogP contribution < -0.4 is 5.32 Å². The summed E-state index contributed by atoms with van der Waals surface area (Å²) < 4.78 is 0. The summed E-state index contributed by atoms with van der Waals surface area (Å²) in [5.74, 6) is 2.13. The second kappa shape index (κ2) is 7.16. The largest absolute Gasteiger partial charge is 0.312 e. The molecule has 1 aliphatic carbocycles. The molecule has 0 aromatic rings. The maximum absolute atomic E-state index is 3.66. The second-order valence-corrected chi connectivity index (χ2v) is 7.82. The van der Waals surface area contributed by atoms with Gasteiger partial charge in [0.2, 0.25) is 0 Å². The molecule has 3 heteroatoms. The molecule has 18 heavy (non-hydrogen) atoms. The Hall–Kier alpha value is 0.270. The third-order valence-corrected chi connectivity index (χ3v) is 4.87. The van der Waals surface area contributed by atoms with Gasteiger partial charge in [0.15, 0.2) is 0 Å². The lowest BCUT2D eigenvalue weighted by molar-refractivity contribution is 0.0511. The fraction of sp³-hybridized carbons (Fsp3) is 1.00. The lowest BCUT2D eigenvalue weighted by Crippen LogP contribution is -2.53. The van der Waals surface area contributed by atoms with Crippen LogP contribution in [0.25, 0.3) is 0 Å². The van der Waals surface area contributed by atoms with Crippen molar-refractivity contribution in [3.63, 3.8) is 0 Å². The van der Waals surface area contributed by atoms with E-state index in [-0.39, 0.29) is 5.54 Å². The van der Waals surface area contributed by atoms with Crippen molar-refractivity contribution in [3.8, 4) is 0 Å². The van der Waals surface area contributed by atoms with E-state index in [4.69, 9.17) is 0 Å². The Morgan fingerprint density at radius 2 is 2.00 bits per heavy atom. The number of nitrogens with zero attached hydrogens (tertiary/aromatic N) is 1. The van der Waals surface area contributed by atoms with E-state index < -0.39 is 0 Å². The molecule has 1 aliphatic rings. The molecule has 0 bridgehead atoms. The van der Waals surface area contributed by atoms with Gasteiger partial charge in [-0.3, -0.25) is 0 Å². The van der Waals surface area contributed by atoms with Crippen molar-refractivity contribution in [2.24, 2.45) is 5.92 Å². The molecular formula is C15H32N2S. The molecule has 0 heterocycles. The molecule has 108 valence electrons. The van der Waals surface area contributed by atoms with E-state index >= 15 is 0 Å². The zero-order valence-electron chi connectivity index (χ0n) is 13.1. The first kappa shape index (κ1) is 16.3. The van der Waals surface area contributed by atoms with Crippen molar-refractivity contribution in [2.45, 2.75) is 64.6 Å². The number of nitrogens with one attached hydrogen (secondary N) is 1. The van der Waals surface area contributed by atoms with Crippen molar-refractivity contribution in [2.75, 3.05) is 25.6 Å². The van der Waals surface area contributed by atoms with Crippen LogP contribution in [0.2, 0.25) is 0 Å². The van der Waals surface area contributed by atoms with Gasteiger partial charge in [0, 0.05) is 17.6 Å². The van der Waals surface area contributed by atoms with Crippen LogP contribution >= 0.6 is 11.8 Å². The standard InChI is InChI=1S/C15H32N2S/c1-12(9-10-18-6)17(5)14-8-7-13(14)11-16-15(2,3)4/h12-14,16H,7-11H2,1-6H3. The number of rotatable bonds is 7. The van der Waals surface area contributed by atoms with Crippen LogP contribution in [0, 0.1) is 5.92 Å². The van der Waals surface area contributed by atoms with Crippen molar-refractivity contribution in [1.82, 2.24) is 10.2 Å². The third-order valence-electron chi connectivity index (χ3n) is 4.23. The Morgan fingerprint density at radius 1 is 1.33 bits per heavy atom. The summed E-state index contributed by atoms with van der Waals surface area (Å²) in [6.07, 6.45) is 6.30. The van der Waals surface area contributed by atoms with Gasteiger partial charge in [-0.15, -0.1) is 0 Å². The summed E-state index contributed by atoms with van der Waals surface area (Å²) in [7, 11) is 2.32. The Balaban J connectivity index is 2.33. The monoisotopic (exact) mass is 272 g/mol. The van der Waals surface area contributed by atoms with Gasteiger partial charge in [-0.2, -0.15) is 11.8 Å². The highest BCUT2D eigenvalue weighted by Crippen LogP contribution is 2.32. The summed E-state index contributed by atoms with van der Waals surface area (Å²) >= 11 is 1.96. The molecule has 1 saturated carbocycles. The normalized spacial score (nSPS) is 26.2. The van der Waals surface area contributed by atoms with Crippen LogP contribution in [0.5, 0.6) is 0 Å². The Morgan fingerprint density at radius 3 is 2.44 bits per heavy atom. The van der Waals surface area contributed by atoms with E-state index in [1.165, 1.54) is 31.6 Å². The number of thioether (sulfide) groups is 1. The molecule has 1 fully saturated rings. The highest BCUT2D eigenvalue weighted by atomic mass is 32.2. The smallest absolute Gasteiger partial charge is 0.0135 e. The van der Waals surface area contributed by atoms with E-state index in [1.807, 2.05) is 11.8 Å². The predicted octanol–water partition coefficient (Wildman–Crippen LogP) is 3.23. The number of hydrogen-bond acceptors (Lipinski definition) is 3. The van der Waals surface area contributed by atoms with Gasteiger partial charge in [0.1, 0.15) is 0 Å². The van der Waals surface area contributed by atoms with Gasteiger partial charge in [-0.05, 0) is 78.5 Å². The number of hydrogen-bond donors (Lipinski definition) is 1. The van der Waals surface area contributed by atoms with E-state index in [2.05, 4.69) is 51.2 Å². The van der Waals surface area contributed by atoms with Crippen LogP contribution in [0.15, 0.2) is 0 Å². The molecule has 0 aliphatic heterocycles. The lowest BCUT2D eigenvalue weighted by atomic mass is 9.77. The average molecular weight is 273 g/mol. The first-order chi connectivity index (χ1) is 8.35. The molecule has 2 nitrogen and oxygen atoms in total. The van der Waals surface area contributed by atoms with Crippen LogP contribution in [0.4, 0.5) is 0 Å². The SMILES string of the molecule is CSCCC(C)N(C)C1CCC1CNC(C)(C)C. The van der Waals surface area contributed by atoms with Crippen LogP contribution in [0.1, 0.15) is 47.0 Å². The molecule has 0 aromatic heterocycles. The van der Waals surface area contributed by atoms with Crippen molar-refractivity contribution in [3.05, 3.63) is 0 Å². The maximum Gasteiger partial charge on any atom is 0.0135 e. The maximum atomic E-state index is 3.66. The van der Waals surface area contributed by atoms with Crippen LogP contribution in [-0.4, -0.2) is 48.1 Å². The van der Waals surface area contributed by atoms with Crippen molar-refractivity contribution >= 4 is 11.8 Å². The highest BCUT2D eigenvalue weighted by Gasteiger charge is 2.35. The Bertz CT molecular complexity index is 237. The quantitative estimate of drug-likeness (QED) is 0.766. The van der Waals surface area contributed by atoms with E-state index in [9.17, 15) is 0 Å². The summed E-state index contributed by atoms with van der Waals surface area (Å²) in [4.78, 5) is 2.62. The molecule has 0 spiro atoms. The molecular weight excluding hydrogens is 240 g/mol. The summed E-state index contributed by atoms with van der Waals surface area (Å²) in [5, 5.41) is 3.66. The van der Waals surface area contributed by atoms with E-state index in [0.29, 0.717) is 0 Å². The minimum atomic E-state index is 0.253. The predicted molar refractivity (Wildman–Crippen MR) is 84.5 cm³/mol. The molecule has 3 unspecified atom stereocenters. The van der Waals surface area contributed by atoms with Gasteiger partial charge in [0.25, 0.3) is 0 Å². The van der Waals surface area contributed by atoms with Gasteiger partial charge >= 0.3 is 0 Å². The molecule has 3 atom stereocenters. The van der Waals surface area contributed by atoms with Gasteiger partial charge in [0.05, 0.1) is 0 Å². The molecule has 0 radical (unpaired) electrons.